The number of hydrogen-bond donors (Lipinski definition) is 1. The molecule has 1 aliphatic rings. The van der Waals surface area contributed by atoms with Crippen molar-refractivity contribution < 1.29 is 0 Å². The lowest BCUT2D eigenvalue weighted by atomic mass is 10.3. The van der Waals surface area contributed by atoms with Crippen LogP contribution in [0.3, 0.4) is 0 Å². The number of rotatable bonds is 1. The second-order valence-corrected chi connectivity index (χ2v) is 5.86. The molecule has 1 fully saturated rings. The van der Waals surface area contributed by atoms with Crippen LogP contribution >= 0.6 is 11.8 Å². The van der Waals surface area contributed by atoms with Gasteiger partial charge in [0.1, 0.15) is 0 Å². The molecule has 0 spiro atoms. The van der Waals surface area contributed by atoms with Gasteiger partial charge in [0.05, 0.1) is 18.1 Å². The fraction of sp³-hybridized carbons (Fsp3) is 0.600. The van der Waals surface area contributed by atoms with Crippen LogP contribution in [0.25, 0.3) is 0 Å². The SMILES string of the molecule is CC1CN(c2ncc(N)cn2)CC(C)S1. The summed E-state index contributed by atoms with van der Waals surface area (Å²) in [6.07, 6.45) is 3.33. The normalized spacial score (nSPS) is 26.7. The number of thioether (sulfide) groups is 1. The van der Waals surface area contributed by atoms with Crippen molar-refractivity contribution in [3.63, 3.8) is 0 Å². The van der Waals surface area contributed by atoms with Gasteiger partial charge in [0.25, 0.3) is 0 Å². The van der Waals surface area contributed by atoms with E-state index < -0.39 is 0 Å². The van der Waals surface area contributed by atoms with Gasteiger partial charge >= 0.3 is 0 Å². The molecule has 1 aliphatic heterocycles. The van der Waals surface area contributed by atoms with Crippen LogP contribution in [0.4, 0.5) is 11.6 Å². The van der Waals surface area contributed by atoms with Gasteiger partial charge in [-0.1, -0.05) is 13.8 Å². The Bertz CT molecular complexity index is 317. The van der Waals surface area contributed by atoms with Crippen LogP contribution in [0.2, 0.25) is 0 Å². The molecule has 82 valence electrons. The zero-order valence-corrected chi connectivity index (χ0v) is 9.87. The van der Waals surface area contributed by atoms with Crippen LogP contribution in [-0.2, 0) is 0 Å². The molecule has 1 aromatic heterocycles. The number of nitrogen functional groups attached to an aromatic ring is 1. The largest absolute Gasteiger partial charge is 0.396 e. The van der Waals surface area contributed by atoms with E-state index in [0.717, 1.165) is 19.0 Å². The van der Waals surface area contributed by atoms with Gasteiger partial charge < -0.3 is 10.6 Å². The van der Waals surface area contributed by atoms with Crippen LogP contribution in [0, 0.1) is 0 Å². The average molecular weight is 224 g/mol. The van der Waals surface area contributed by atoms with Gasteiger partial charge in [-0.15, -0.1) is 0 Å². The second kappa shape index (κ2) is 4.26. The fourth-order valence-corrected chi connectivity index (χ4v) is 3.16. The van der Waals surface area contributed by atoms with Gasteiger partial charge in [0, 0.05) is 23.6 Å². The smallest absolute Gasteiger partial charge is 0.225 e. The Labute approximate surface area is 94.3 Å². The van der Waals surface area contributed by atoms with Gasteiger partial charge in [-0.3, -0.25) is 0 Å². The zero-order chi connectivity index (χ0) is 10.8. The molecule has 0 saturated carbocycles. The molecule has 5 heteroatoms. The van der Waals surface area contributed by atoms with Gasteiger partial charge in [0.15, 0.2) is 0 Å². The van der Waals surface area contributed by atoms with Gasteiger partial charge in [-0.05, 0) is 0 Å². The Morgan fingerprint density at radius 2 is 1.80 bits per heavy atom. The summed E-state index contributed by atoms with van der Waals surface area (Å²) in [5.74, 6) is 0.795. The summed E-state index contributed by atoms with van der Waals surface area (Å²) >= 11 is 2.02. The molecule has 2 N–H and O–H groups in total. The molecule has 0 aliphatic carbocycles. The summed E-state index contributed by atoms with van der Waals surface area (Å²) in [5, 5.41) is 1.27. The third-order valence-corrected chi connectivity index (χ3v) is 3.59. The van der Waals surface area contributed by atoms with Crippen LogP contribution in [0.15, 0.2) is 12.4 Å². The van der Waals surface area contributed by atoms with Crippen molar-refractivity contribution in [1.82, 2.24) is 9.97 Å². The van der Waals surface area contributed by atoms with E-state index in [1.165, 1.54) is 0 Å². The van der Waals surface area contributed by atoms with Gasteiger partial charge in [0.2, 0.25) is 5.95 Å². The van der Waals surface area contributed by atoms with E-state index >= 15 is 0 Å². The first-order chi connectivity index (χ1) is 7.15. The van der Waals surface area contributed by atoms with Crippen molar-refractivity contribution >= 4 is 23.4 Å². The minimum absolute atomic E-state index is 0.617. The Kier molecular flexibility index (Phi) is 3.00. The molecule has 0 amide bonds. The highest BCUT2D eigenvalue weighted by Crippen LogP contribution is 2.26. The van der Waals surface area contributed by atoms with Crippen molar-refractivity contribution in [1.29, 1.82) is 0 Å². The molecule has 0 bridgehead atoms. The Morgan fingerprint density at radius 1 is 1.27 bits per heavy atom. The number of aromatic nitrogens is 2. The molecule has 2 atom stereocenters. The number of nitrogens with two attached hydrogens (primary N) is 1. The first-order valence-electron chi connectivity index (χ1n) is 5.13. The molecule has 2 rings (SSSR count). The molecule has 15 heavy (non-hydrogen) atoms. The standard InChI is InChI=1S/C10H16N4S/c1-7-5-14(6-8(2)15-7)10-12-3-9(11)4-13-10/h3-4,7-8H,5-6,11H2,1-2H3. The lowest BCUT2D eigenvalue weighted by Crippen LogP contribution is -2.41. The molecule has 2 heterocycles. The van der Waals surface area contributed by atoms with E-state index in [9.17, 15) is 0 Å². The summed E-state index contributed by atoms with van der Waals surface area (Å²) in [4.78, 5) is 10.7. The van der Waals surface area contributed by atoms with Crippen molar-refractivity contribution in [3.05, 3.63) is 12.4 Å². The maximum Gasteiger partial charge on any atom is 0.225 e. The highest BCUT2D eigenvalue weighted by Gasteiger charge is 2.23. The minimum Gasteiger partial charge on any atom is -0.396 e. The lowest BCUT2D eigenvalue weighted by Gasteiger charge is -2.34. The number of hydrogen-bond acceptors (Lipinski definition) is 5. The highest BCUT2D eigenvalue weighted by atomic mass is 32.2. The molecule has 1 saturated heterocycles. The Hall–Kier alpha value is -0.970. The summed E-state index contributed by atoms with van der Waals surface area (Å²) in [7, 11) is 0. The van der Waals surface area contributed by atoms with Crippen molar-refractivity contribution in [2.24, 2.45) is 0 Å². The van der Waals surface area contributed by atoms with Crippen LogP contribution in [-0.4, -0.2) is 33.6 Å². The predicted molar refractivity (Wildman–Crippen MR) is 65.2 cm³/mol. The third-order valence-electron chi connectivity index (χ3n) is 2.36. The van der Waals surface area contributed by atoms with Crippen LogP contribution in [0.1, 0.15) is 13.8 Å². The first-order valence-corrected chi connectivity index (χ1v) is 6.07. The fourth-order valence-electron chi connectivity index (χ4n) is 1.84. The van der Waals surface area contributed by atoms with E-state index in [0.29, 0.717) is 16.2 Å². The molecule has 0 aromatic carbocycles. The number of nitrogens with zero attached hydrogens (tertiary/aromatic N) is 3. The summed E-state index contributed by atoms with van der Waals surface area (Å²) in [6, 6.07) is 0. The maximum absolute atomic E-state index is 5.56. The van der Waals surface area contributed by atoms with Crippen molar-refractivity contribution in [2.75, 3.05) is 23.7 Å². The summed E-state index contributed by atoms with van der Waals surface area (Å²) in [6.45, 7) is 6.51. The Morgan fingerprint density at radius 3 is 2.33 bits per heavy atom. The van der Waals surface area contributed by atoms with E-state index in [4.69, 9.17) is 5.73 Å². The monoisotopic (exact) mass is 224 g/mol. The molecule has 0 radical (unpaired) electrons. The van der Waals surface area contributed by atoms with Gasteiger partial charge in [-0.2, -0.15) is 11.8 Å². The predicted octanol–water partition coefficient (Wildman–Crippen LogP) is 1.39. The Balaban J connectivity index is 2.12. The molecule has 4 nitrogen and oxygen atoms in total. The minimum atomic E-state index is 0.617. The lowest BCUT2D eigenvalue weighted by molar-refractivity contribution is 0.707. The average Bonchev–Trinajstić information content (AvgIpc) is 2.17. The van der Waals surface area contributed by atoms with Gasteiger partial charge in [-0.25, -0.2) is 9.97 Å². The molecule has 1 aromatic rings. The van der Waals surface area contributed by atoms with E-state index in [2.05, 4.69) is 28.7 Å². The van der Waals surface area contributed by atoms with Crippen LogP contribution < -0.4 is 10.6 Å². The number of anilines is 2. The molecular weight excluding hydrogens is 208 g/mol. The molecular formula is C10H16N4S. The third kappa shape index (κ3) is 2.53. The summed E-state index contributed by atoms with van der Waals surface area (Å²) < 4.78 is 0. The van der Waals surface area contributed by atoms with E-state index in [1.54, 1.807) is 12.4 Å². The van der Waals surface area contributed by atoms with Crippen molar-refractivity contribution in [2.45, 2.75) is 24.3 Å². The van der Waals surface area contributed by atoms with Crippen molar-refractivity contribution in [3.8, 4) is 0 Å². The summed E-state index contributed by atoms with van der Waals surface area (Å²) in [5.41, 5.74) is 6.18. The van der Waals surface area contributed by atoms with E-state index in [1.807, 2.05) is 11.8 Å². The quantitative estimate of drug-likeness (QED) is 0.781. The second-order valence-electron chi connectivity index (χ2n) is 3.98. The zero-order valence-electron chi connectivity index (χ0n) is 9.05. The van der Waals surface area contributed by atoms with E-state index in [-0.39, 0.29) is 0 Å². The first kappa shape index (κ1) is 10.5. The highest BCUT2D eigenvalue weighted by molar-refractivity contribution is 8.00. The maximum atomic E-state index is 5.56. The topological polar surface area (TPSA) is 55.0 Å². The van der Waals surface area contributed by atoms with Crippen LogP contribution in [0.5, 0.6) is 0 Å². The molecule has 2 unspecified atom stereocenters.